The molecule has 1 fully saturated rings. The van der Waals surface area contributed by atoms with Crippen LogP contribution >= 0.6 is 0 Å². The number of nitrogens with one attached hydrogen (secondary N) is 1. The third-order valence-electron chi connectivity index (χ3n) is 3.93. The van der Waals surface area contributed by atoms with Crippen LogP contribution in [0, 0.1) is 12.7 Å². The van der Waals surface area contributed by atoms with Crippen molar-refractivity contribution in [3.63, 3.8) is 0 Å². The van der Waals surface area contributed by atoms with Crippen molar-refractivity contribution in [2.45, 2.75) is 25.9 Å². The number of amides is 1. The highest BCUT2D eigenvalue weighted by Gasteiger charge is 2.18. The van der Waals surface area contributed by atoms with Crippen LogP contribution in [0.1, 0.15) is 18.4 Å². The topological polar surface area (TPSA) is 75.1 Å². The normalized spacial score (nSPS) is 13.0. The summed E-state index contributed by atoms with van der Waals surface area (Å²) in [7, 11) is 0. The molecule has 2 aromatic heterocycles. The molecule has 1 aliphatic carbocycles. The molecule has 7 heteroatoms. The predicted molar refractivity (Wildman–Crippen MR) is 95.4 cm³/mol. The lowest BCUT2D eigenvalue weighted by Gasteiger charge is -2.08. The van der Waals surface area contributed by atoms with Gasteiger partial charge in [-0.3, -0.25) is 10.3 Å². The van der Waals surface area contributed by atoms with E-state index >= 15 is 0 Å². The zero-order chi connectivity index (χ0) is 18.7. The van der Waals surface area contributed by atoms with E-state index in [0.717, 1.165) is 34.7 Å². The Balaban J connectivity index is 0.000000433. The highest BCUT2D eigenvalue weighted by Crippen LogP contribution is 2.28. The van der Waals surface area contributed by atoms with E-state index in [1.807, 2.05) is 18.2 Å². The van der Waals surface area contributed by atoms with E-state index in [4.69, 9.17) is 5.11 Å². The van der Waals surface area contributed by atoms with Gasteiger partial charge in [0.1, 0.15) is 17.8 Å². The number of rotatable bonds is 2. The first-order chi connectivity index (χ1) is 12.4. The zero-order valence-electron chi connectivity index (χ0n) is 14.0. The van der Waals surface area contributed by atoms with E-state index in [9.17, 15) is 13.6 Å². The van der Waals surface area contributed by atoms with Gasteiger partial charge < -0.3 is 5.11 Å². The minimum Gasteiger partial charge on any atom is -0.465 e. The molecule has 5 nitrogen and oxygen atoms in total. The number of hydrogen-bond acceptors (Lipinski definition) is 3. The molecule has 4 rings (SSSR count). The smallest absolute Gasteiger partial charge is 0.410 e. The second kappa shape index (κ2) is 7.43. The van der Waals surface area contributed by atoms with Crippen molar-refractivity contribution in [2.75, 3.05) is 5.32 Å². The molecule has 0 atom stereocenters. The van der Waals surface area contributed by atoms with Gasteiger partial charge in [-0.1, -0.05) is 12.1 Å². The fourth-order valence-electron chi connectivity index (χ4n) is 2.34. The van der Waals surface area contributed by atoms with Crippen molar-refractivity contribution in [3.05, 3.63) is 54.2 Å². The molecule has 1 saturated carbocycles. The lowest BCUT2D eigenvalue weighted by molar-refractivity contribution is 0.209. The number of anilines is 1. The number of halogens is 2. The van der Waals surface area contributed by atoms with Crippen LogP contribution in [0.15, 0.2) is 42.9 Å². The van der Waals surface area contributed by atoms with Crippen LogP contribution in [0.4, 0.5) is 19.4 Å². The van der Waals surface area contributed by atoms with Crippen molar-refractivity contribution < 1.29 is 18.7 Å². The maximum Gasteiger partial charge on any atom is 0.410 e. The fraction of sp³-hybridized carbons (Fsp3) is 0.211. The summed E-state index contributed by atoms with van der Waals surface area (Å²) in [6.07, 6.45) is 4.44. The Bertz CT molecular complexity index is 959. The molecule has 134 valence electrons. The first-order valence-corrected chi connectivity index (χ1v) is 8.08. The van der Waals surface area contributed by atoms with Crippen LogP contribution in [0.2, 0.25) is 0 Å². The third-order valence-corrected chi connectivity index (χ3v) is 3.93. The third kappa shape index (κ3) is 4.30. The second-order valence-corrected chi connectivity index (χ2v) is 6.03. The summed E-state index contributed by atoms with van der Waals surface area (Å²) in [5.41, 5.74) is 2.08. The molecular weight excluding hydrogens is 340 g/mol. The summed E-state index contributed by atoms with van der Waals surface area (Å²) in [4.78, 5) is 18.5. The molecule has 0 unspecified atom stereocenters. The molecule has 0 radical (unpaired) electrons. The number of carboxylic acid groups (broad SMARTS) is 1. The van der Waals surface area contributed by atoms with Gasteiger partial charge in [-0.15, -0.1) is 0 Å². The van der Waals surface area contributed by atoms with Gasteiger partial charge in [-0.2, -0.15) is 0 Å². The summed E-state index contributed by atoms with van der Waals surface area (Å²) >= 11 is 0. The summed E-state index contributed by atoms with van der Waals surface area (Å²) in [5, 5.41) is 12.6. The molecule has 3 aromatic rings. The van der Waals surface area contributed by atoms with Crippen LogP contribution in [0.5, 0.6) is 0 Å². The molecule has 0 spiro atoms. The summed E-state index contributed by atoms with van der Waals surface area (Å²) < 4.78 is 24.7. The average Bonchev–Trinajstić information content (AvgIpc) is 3.39. The number of carbonyl (C=O) groups is 1. The van der Waals surface area contributed by atoms with Crippen molar-refractivity contribution in [1.29, 1.82) is 0 Å². The Morgan fingerprint density at radius 3 is 2.58 bits per heavy atom. The summed E-state index contributed by atoms with van der Waals surface area (Å²) in [6.45, 7) is 1.70. The van der Waals surface area contributed by atoms with Crippen molar-refractivity contribution in [2.24, 2.45) is 0 Å². The van der Waals surface area contributed by atoms with Crippen molar-refractivity contribution in [3.8, 4) is 11.1 Å². The number of alkyl halides is 1. The highest BCUT2D eigenvalue weighted by atomic mass is 19.1. The van der Waals surface area contributed by atoms with E-state index in [0.29, 0.717) is 5.56 Å². The Morgan fingerprint density at radius 2 is 1.92 bits per heavy atom. The Kier molecular flexibility index (Phi) is 5.06. The highest BCUT2D eigenvalue weighted by molar-refractivity contribution is 5.91. The van der Waals surface area contributed by atoms with E-state index in [1.54, 1.807) is 25.4 Å². The molecule has 0 bridgehead atoms. The van der Waals surface area contributed by atoms with Crippen LogP contribution < -0.4 is 5.32 Å². The molecule has 0 saturated heterocycles. The number of pyridine rings is 2. The van der Waals surface area contributed by atoms with E-state index < -0.39 is 12.3 Å². The molecule has 1 aliphatic rings. The zero-order valence-corrected chi connectivity index (χ0v) is 14.0. The van der Waals surface area contributed by atoms with Gasteiger partial charge in [0.15, 0.2) is 0 Å². The quantitative estimate of drug-likeness (QED) is 0.680. The first-order valence-electron chi connectivity index (χ1n) is 8.08. The van der Waals surface area contributed by atoms with Crippen LogP contribution in [-0.4, -0.2) is 27.3 Å². The lowest BCUT2D eigenvalue weighted by atomic mass is 10.00. The van der Waals surface area contributed by atoms with Gasteiger partial charge in [0.05, 0.1) is 6.20 Å². The van der Waals surface area contributed by atoms with E-state index in [-0.39, 0.29) is 11.6 Å². The van der Waals surface area contributed by atoms with Gasteiger partial charge in [0.2, 0.25) is 0 Å². The molecule has 2 heterocycles. The standard InChI is InChI=1S/C16H12FN3O2.C3H5F/c1-9-13(7-18-8-14(9)17)11-3-2-10-5-15(20-16(21)22)19-6-12(10)4-11;4-3-1-2-3/h2-8H,1H3,(H,19,20)(H,21,22);3H,1-2H2. The lowest BCUT2D eigenvalue weighted by Crippen LogP contribution is -2.08. The predicted octanol–water partition coefficient (Wildman–Crippen LogP) is 4.95. The Hall–Kier alpha value is -3.09. The van der Waals surface area contributed by atoms with Crippen LogP contribution in [0.25, 0.3) is 21.9 Å². The summed E-state index contributed by atoms with van der Waals surface area (Å²) in [6, 6.07) is 7.19. The van der Waals surface area contributed by atoms with Crippen molar-refractivity contribution in [1.82, 2.24) is 9.97 Å². The minimum atomic E-state index is -1.16. The van der Waals surface area contributed by atoms with Gasteiger partial charge >= 0.3 is 6.09 Å². The fourth-order valence-corrected chi connectivity index (χ4v) is 2.34. The largest absolute Gasteiger partial charge is 0.465 e. The summed E-state index contributed by atoms with van der Waals surface area (Å²) in [5.74, 6) is -0.0897. The number of aromatic nitrogens is 2. The van der Waals surface area contributed by atoms with Crippen LogP contribution in [0.3, 0.4) is 0 Å². The monoisotopic (exact) mass is 357 g/mol. The first kappa shape index (κ1) is 17.7. The number of benzene rings is 1. The molecule has 1 amide bonds. The maximum absolute atomic E-state index is 13.6. The molecule has 2 N–H and O–H groups in total. The number of hydrogen-bond donors (Lipinski definition) is 2. The van der Waals surface area contributed by atoms with Crippen molar-refractivity contribution >= 4 is 22.7 Å². The Morgan fingerprint density at radius 1 is 1.19 bits per heavy atom. The van der Waals surface area contributed by atoms with E-state index in [2.05, 4.69) is 15.3 Å². The molecular formula is C19H17F2N3O2. The van der Waals surface area contributed by atoms with E-state index in [1.165, 1.54) is 6.20 Å². The average molecular weight is 357 g/mol. The number of nitrogens with zero attached hydrogens (tertiary/aromatic N) is 2. The van der Waals surface area contributed by atoms with Crippen LogP contribution in [-0.2, 0) is 0 Å². The molecule has 1 aromatic carbocycles. The minimum absolute atomic E-state index is 0.261. The van der Waals surface area contributed by atoms with Gasteiger partial charge in [0, 0.05) is 23.3 Å². The number of fused-ring (bicyclic) bond motifs is 1. The Labute approximate surface area is 148 Å². The van der Waals surface area contributed by atoms with Gasteiger partial charge in [-0.05, 0) is 48.4 Å². The molecule has 0 aliphatic heterocycles. The maximum atomic E-state index is 13.6. The van der Waals surface area contributed by atoms with Gasteiger partial charge in [-0.25, -0.2) is 18.6 Å². The second-order valence-electron chi connectivity index (χ2n) is 6.03. The SMILES string of the molecule is Cc1c(F)cncc1-c1ccc2cc(NC(=O)O)ncc2c1.FC1CC1. The van der Waals surface area contributed by atoms with Gasteiger partial charge in [0.25, 0.3) is 0 Å². The molecule has 26 heavy (non-hydrogen) atoms.